The van der Waals surface area contributed by atoms with E-state index in [0.717, 1.165) is 6.92 Å². The highest BCUT2D eigenvalue weighted by Crippen LogP contribution is 2.24. The van der Waals surface area contributed by atoms with Crippen molar-refractivity contribution in [2.45, 2.75) is 24.7 Å². The Balaban J connectivity index is 4.46. The van der Waals surface area contributed by atoms with Crippen molar-refractivity contribution in [2.75, 3.05) is 13.2 Å². The summed E-state index contributed by atoms with van der Waals surface area (Å²) >= 11 is 0. The summed E-state index contributed by atoms with van der Waals surface area (Å²) in [5.74, 6) is -1.32. The van der Waals surface area contributed by atoms with Gasteiger partial charge in [0, 0.05) is 0 Å². The molecule has 0 aromatic carbocycles. The van der Waals surface area contributed by atoms with E-state index in [4.69, 9.17) is 5.11 Å². The van der Waals surface area contributed by atoms with Gasteiger partial charge in [-0.2, -0.15) is 0 Å². The van der Waals surface area contributed by atoms with Crippen LogP contribution < -0.4 is 9.79 Å². The molecule has 0 spiro atoms. The summed E-state index contributed by atoms with van der Waals surface area (Å²) in [5, 5.41) is 36.4. The molecule has 0 radical (unpaired) electrons. The van der Waals surface area contributed by atoms with Crippen LogP contribution >= 0.6 is 7.82 Å². The van der Waals surface area contributed by atoms with Gasteiger partial charge < -0.3 is 39.3 Å². The highest BCUT2D eigenvalue weighted by atomic mass is 31.2. The minimum absolute atomic E-state index is 0.943. The van der Waals surface area contributed by atoms with Gasteiger partial charge in [-0.25, -0.2) is 0 Å². The van der Waals surface area contributed by atoms with E-state index in [1.165, 1.54) is 0 Å². The second-order valence-electron chi connectivity index (χ2n) is 3.59. The molecule has 0 rings (SSSR count). The summed E-state index contributed by atoms with van der Waals surface area (Å²) in [6.45, 7) is -1.26. The zero-order valence-corrected chi connectivity index (χ0v) is 9.74. The van der Waals surface area contributed by atoms with Gasteiger partial charge in [0.25, 0.3) is 0 Å². The van der Waals surface area contributed by atoms with Crippen LogP contribution in [0.4, 0.5) is 0 Å². The number of Topliss-reactive ketones (excluding diaryl/α,β-unsaturated/α-hetero) is 1. The van der Waals surface area contributed by atoms with Crippen molar-refractivity contribution in [1.82, 2.24) is 0 Å². The Morgan fingerprint density at radius 3 is 2.29 bits per heavy atom. The van der Waals surface area contributed by atoms with Gasteiger partial charge in [-0.05, 0) is 6.92 Å². The average molecular weight is 272 g/mol. The monoisotopic (exact) mass is 272 g/mol. The maximum absolute atomic E-state index is 11.1. The third-order valence-electron chi connectivity index (χ3n) is 1.95. The van der Waals surface area contributed by atoms with Gasteiger partial charge in [-0.15, -0.1) is 0 Å². The van der Waals surface area contributed by atoms with Gasteiger partial charge in [-0.3, -0.25) is 4.79 Å². The SMILES string of the molecule is CC(O)(CO)C(O)C(O)C(=O)COP(=O)([O-])[O-]. The molecule has 0 aromatic rings. The number of aliphatic hydroxyl groups excluding tert-OH is 3. The van der Waals surface area contributed by atoms with Crippen LogP contribution in [0.3, 0.4) is 0 Å². The summed E-state index contributed by atoms with van der Waals surface area (Å²) in [5.41, 5.74) is -2.16. The van der Waals surface area contributed by atoms with Gasteiger partial charge in [0.2, 0.25) is 0 Å². The molecule has 0 aliphatic heterocycles. The zero-order chi connectivity index (χ0) is 13.9. The van der Waals surface area contributed by atoms with E-state index in [1.54, 1.807) is 0 Å². The number of carbonyl (C=O) groups is 1. The Labute approximate surface area is 96.5 Å². The van der Waals surface area contributed by atoms with E-state index in [1.807, 2.05) is 0 Å². The number of hydrogen-bond acceptors (Lipinski definition) is 9. The molecule has 0 aromatic heterocycles. The Bertz CT molecular complexity index is 308. The molecular formula is C7H13O9P-2. The molecule has 3 unspecified atom stereocenters. The van der Waals surface area contributed by atoms with E-state index in [9.17, 15) is 34.5 Å². The third kappa shape index (κ3) is 5.66. The molecule has 17 heavy (non-hydrogen) atoms. The summed E-state index contributed by atoms with van der Waals surface area (Å²) in [6.07, 6.45) is -4.25. The lowest BCUT2D eigenvalue weighted by molar-refractivity contribution is -0.341. The van der Waals surface area contributed by atoms with Crippen molar-refractivity contribution in [3.63, 3.8) is 0 Å². The number of phosphoric ester groups is 1. The molecule has 102 valence electrons. The highest BCUT2D eigenvalue weighted by molar-refractivity contribution is 7.43. The van der Waals surface area contributed by atoms with E-state index < -0.39 is 44.6 Å². The number of phosphoric acid groups is 1. The van der Waals surface area contributed by atoms with Crippen molar-refractivity contribution in [1.29, 1.82) is 0 Å². The van der Waals surface area contributed by atoms with Crippen molar-refractivity contribution >= 4 is 13.6 Å². The van der Waals surface area contributed by atoms with Gasteiger partial charge >= 0.3 is 0 Å². The summed E-state index contributed by atoms with van der Waals surface area (Å²) in [7, 11) is -5.36. The smallest absolute Gasteiger partial charge is 0.189 e. The van der Waals surface area contributed by atoms with Crippen LogP contribution in [0, 0.1) is 0 Å². The Morgan fingerprint density at radius 2 is 1.94 bits per heavy atom. The molecule has 10 heteroatoms. The quantitative estimate of drug-likeness (QED) is 0.336. The first kappa shape index (κ1) is 16.6. The zero-order valence-electron chi connectivity index (χ0n) is 8.85. The van der Waals surface area contributed by atoms with Crippen LogP contribution in [0.15, 0.2) is 0 Å². The molecule has 4 N–H and O–H groups in total. The fourth-order valence-electron chi connectivity index (χ4n) is 0.838. The molecular weight excluding hydrogens is 259 g/mol. The molecule has 0 fully saturated rings. The van der Waals surface area contributed by atoms with Crippen LogP contribution in [-0.4, -0.2) is 57.2 Å². The van der Waals surface area contributed by atoms with Gasteiger partial charge in [0.15, 0.2) is 5.78 Å². The van der Waals surface area contributed by atoms with Crippen molar-refractivity contribution in [3.05, 3.63) is 0 Å². The van der Waals surface area contributed by atoms with Gasteiger partial charge in [0.1, 0.15) is 24.4 Å². The van der Waals surface area contributed by atoms with E-state index in [0.29, 0.717) is 0 Å². The molecule has 0 amide bonds. The van der Waals surface area contributed by atoms with Crippen molar-refractivity contribution < 1.29 is 44.1 Å². The van der Waals surface area contributed by atoms with Crippen LogP contribution in [-0.2, 0) is 13.9 Å². The fraction of sp³-hybridized carbons (Fsp3) is 0.857. The molecule has 0 aliphatic rings. The van der Waals surface area contributed by atoms with E-state index >= 15 is 0 Å². The summed E-state index contributed by atoms with van der Waals surface area (Å²) < 4.78 is 13.6. The lowest BCUT2D eigenvalue weighted by Crippen LogP contribution is -2.52. The molecule has 0 saturated carbocycles. The van der Waals surface area contributed by atoms with E-state index in [2.05, 4.69) is 4.52 Å². The first-order valence-electron chi connectivity index (χ1n) is 4.40. The largest absolute Gasteiger partial charge is 0.790 e. The number of hydrogen-bond donors (Lipinski definition) is 4. The molecule has 0 heterocycles. The Kier molecular flexibility index (Phi) is 5.85. The predicted octanol–water partition coefficient (Wildman–Crippen LogP) is -4.13. The predicted molar refractivity (Wildman–Crippen MR) is 48.3 cm³/mol. The lowest BCUT2D eigenvalue weighted by Gasteiger charge is -2.31. The summed E-state index contributed by atoms with van der Waals surface area (Å²) in [6, 6.07) is 0. The number of ketones is 1. The van der Waals surface area contributed by atoms with Crippen LogP contribution in [0.25, 0.3) is 0 Å². The third-order valence-corrected chi connectivity index (χ3v) is 2.40. The number of carbonyl (C=O) groups excluding carboxylic acids is 1. The minimum atomic E-state index is -5.36. The second-order valence-corrected chi connectivity index (χ2v) is 4.74. The van der Waals surface area contributed by atoms with Crippen molar-refractivity contribution in [3.8, 4) is 0 Å². The highest BCUT2D eigenvalue weighted by Gasteiger charge is 2.38. The molecule has 0 bridgehead atoms. The van der Waals surface area contributed by atoms with Gasteiger partial charge in [-0.1, -0.05) is 0 Å². The molecule has 0 aliphatic carbocycles. The Hall–Kier alpha value is -0.380. The van der Waals surface area contributed by atoms with Crippen molar-refractivity contribution in [2.24, 2.45) is 0 Å². The molecule has 3 atom stereocenters. The fourth-order valence-corrected chi connectivity index (χ4v) is 1.12. The lowest BCUT2D eigenvalue weighted by atomic mass is 9.93. The minimum Gasteiger partial charge on any atom is -0.790 e. The maximum atomic E-state index is 11.1. The molecule has 9 nitrogen and oxygen atoms in total. The van der Waals surface area contributed by atoms with Gasteiger partial charge in [0.05, 0.1) is 14.4 Å². The number of aliphatic hydroxyl groups is 4. The Morgan fingerprint density at radius 1 is 1.47 bits per heavy atom. The summed E-state index contributed by atoms with van der Waals surface area (Å²) in [4.78, 5) is 31.2. The second kappa shape index (κ2) is 5.98. The van der Waals surface area contributed by atoms with Crippen LogP contribution in [0.5, 0.6) is 0 Å². The molecule has 0 saturated heterocycles. The van der Waals surface area contributed by atoms with E-state index in [-0.39, 0.29) is 0 Å². The normalized spacial score (nSPS) is 19.5. The first-order chi connectivity index (χ1) is 7.51. The maximum Gasteiger partial charge on any atom is 0.189 e. The number of rotatable bonds is 7. The topological polar surface area (TPSA) is 170 Å². The first-order valence-corrected chi connectivity index (χ1v) is 5.86. The average Bonchev–Trinajstić information content (AvgIpc) is 2.22. The van der Waals surface area contributed by atoms with Crippen LogP contribution in [0.1, 0.15) is 6.92 Å². The standard InChI is InChI=1S/C7H15O9P/c1-7(12,3-8)6(11)5(10)4(9)2-16-17(13,14)15/h5-6,8,10-12H,2-3H2,1H3,(H2,13,14,15)/p-2. The van der Waals surface area contributed by atoms with Crippen LogP contribution in [0.2, 0.25) is 0 Å².